The Morgan fingerprint density at radius 1 is 1.00 bits per heavy atom. The maximum Gasteiger partial charge on any atom is 0.168 e. The Hall–Kier alpha value is 0.610. The number of pyridine rings is 1. The minimum atomic E-state index is 0. The van der Waals surface area contributed by atoms with Gasteiger partial charge in [-0.05, 0) is 0 Å². The third-order valence-electron chi connectivity index (χ3n) is 0.865. The van der Waals surface area contributed by atoms with Gasteiger partial charge in [0.1, 0.15) is 7.05 Å². The fourth-order valence-electron chi connectivity index (χ4n) is 0.485. The number of aryl methyl sites for hydroxylation is 1. The summed E-state index contributed by atoms with van der Waals surface area (Å²) in [5, 5.41) is 0. The van der Waals surface area contributed by atoms with Crippen LogP contribution in [-0.2, 0) is 7.05 Å². The van der Waals surface area contributed by atoms with Gasteiger partial charge in [-0.3, -0.25) is 0 Å². The summed E-state index contributed by atoms with van der Waals surface area (Å²) in [5.74, 6) is 0. The normalized spacial score (nSPS) is 6.78. The smallest absolute Gasteiger partial charge is 0.168 e. The van der Waals surface area contributed by atoms with Crippen LogP contribution in [0, 0.1) is 0 Å². The third kappa shape index (κ3) is 5.07. The van der Waals surface area contributed by atoms with Crippen molar-refractivity contribution in [3.05, 3.63) is 30.6 Å². The fourth-order valence-corrected chi connectivity index (χ4v) is 0.485. The van der Waals surface area contributed by atoms with Crippen LogP contribution in [0.3, 0.4) is 0 Å². The molecule has 0 bridgehead atoms. The van der Waals surface area contributed by atoms with Crippen molar-refractivity contribution < 1.29 is 28.5 Å². The topological polar surface area (TPSA) is 3.88 Å². The molecule has 0 spiro atoms. The van der Waals surface area contributed by atoms with E-state index in [2.05, 4.69) is 0 Å². The molecule has 9 heavy (non-hydrogen) atoms. The summed E-state index contributed by atoms with van der Waals surface area (Å²) < 4.78 is 2.00. The van der Waals surface area contributed by atoms with E-state index in [1.54, 1.807) is 0 Å². The van der Waals surface area contributed by atoms with Gasteiger partial charge in [-0.2, -0.15) is 0 Å². The van der Waals surface area contributed by atoms with Crippen molar-refractivity contribution in [1.82, 2.24) is 0 Å². The van der Waals surface area contributed by atoms with Gasteiger partial charge in [0.15, 0.2) is 12.4 Å². The summed E-state index contributed by atoms with van der Waals surface area (Å²) in [4.78, 5) is 0. The van der Waals surface area contributed by atoms with E-state index < -0.39 is 0 Å². The lowest BCUT2D eigenvalue weighted by atomic mass is 10.5. The molecule has 0 unspecified atom stereocenters. The minimum Gasteiger partial charge on any atom is -1.00 e. The van der Waals surface area contributed by atoms with Crippen LogP contribution in [0.2, 0.25) is 0 Å². The van der Waals surface area contributed by atoms with Gasteiger partial charge in [0.05, 0.1) is 0 Å². The molecule has 1 rings (SSSR count). The zero-order valence-electron chi connectivity index (χ0n) is 5.12. The van der Waals surface area contributed by atoms with Gasteiger partial charge in [-0.25, -0.2) is 4.57 Å². The van der Waals surface area contributed by atoms with E-state index in [1.165, 1.54) is 0 Å². The van der Waals surface area contributed by atoms with Crippen LogP contribution in [0.25, 0.3) is 0 Å². The van der Waals surface area contributed by atoms with Crippen molar-refractivity contribution in [2.75, 3.05) is 0 Å². The largest absolute Gasteiger partial charge is 1.00 e. The molecular formula is C6H9I2N. The molecule has 1 nitrogen and oxygen atoms in total. The van der Waals surface area contributed by atoms with Gasteiger partial charge in [-0.1, -0.05) is 6.07 Å². The Labute approximate surface area is 89.5 Å². The van der Waals surface area contributed by atoms with Gasteiger partial charge in [0.2, 0.25) is 0 Å². The first-order valence-electron chi connectivity index (χ1n) is 2.30. The minimum absolute atomic E-state index is 0. The van der Waals surface area contributed by atoms with E-state index in [0.29, 0.717) is 0 Å². The monoisotopic (exact) mass is 349 g/mol. The van der Waals surface area contributed by atoms with Crippen molar-refractivity contribution in [3.8, 4) is 0 Å². The maximum atomic E-state index is 2.00. The molecular weight excluding hydrogens is 340 g/mol. The van der Waals surface area contributed by atoms with Gasteiger partial charge in [0, 0.05) is 12.1 Å². The molecule has 1 aromatic heterocycles. The molecule has 3 heteroatoms. The van der Waals surface area contributed by atoms with Gasteiger partial charge >= 0.3 is 0 Å². The molecule has 0 aliphatic heterocycles. The first kappa shape index (κ1) is 12.3. The number of hydrogen-bond donors (Lipinski definition) is 0. The van der Waals surface area contributed by atoms with Crippen LogP contribution >= 0.6 is 24.0 Å². The lowest BCUT2D eigenvalue weighted by molar-refractivity contribution is -0.671. The van der Waals surface area contributed by atoms with Crippen molar-refractivity contribution in [1.29, 1.82) is 0 Å². The number of nitrogens with zero attached hydrogens (tertiary/aromatic N) is 1. The Balaban J connectivity index is 0. The molecule has 0 aromatic carbocycles. The first-order chi connectivity index (χ1) is 3.39. The van der Waals surface area contributed by atoms with Crippen LogP contribution in [0.15, 0.2) is 30.6 Å². The van der Waals surface area contributed by atoms with Crippen LogP contribution in [0.4, 0.5) is 0 Å². The molecule has 0 saturated heterocycles. The van der Waals surface area contributed by atoms with Crippen LogP contribution < -0.4 is 28.5 Å². The second kappa shape index (κ2) is 6.73. The van der Waals surface area contributed by atoms with E-state index >= 15 is 0 Å². The van der Waals surface area contributed by atoms with Crippen LogP contribution in [0.5, 0.6) is 0 Å². The van der Waals surface area contributed by atoms with E-state index in [-0.39, 0.29) is 48.0 Å². The maximum absolute atomic E-state index is 2.00. The van der Waals surface area contributed by atoms with Crippen molar-refractivity contribution in [2.45, 2.75) is 0 Å². The molecule has 0 amide bonds. The Kier molecular flexibility index (Phi) is 9.19. The Bertz CT molecular complexity index is 141. The zero-order chi connectivity index (χ0) is 5.11. The van der Waals surface area contributed by atoms with Crippen LogP contribution in [0.1, 0.15) is 0 Å². The van der Waals surface area contributed by atoms with Crippen molar-refractivity contribution in [2.24, 2.45) is 7.05 Å². The van der Waals surface area contributed by atoms with Gasteiger partial charge < -0.3 is 24.0 Å². The molecule has 0 N–H and O–H groups in total. The molecule has 0 fully saturated rings. The van der Waals surface area contributed by atoms with Crippen molar-refractivity contribution in [3.63, 3.8) is 0 Å². The summed E-state index contributed by atoms with van der Waals surface area (Å²) in [6.07, 6.45) is 4.00. The fraction of sp³-hybridized carbons (Fsp3) is 0.167. The van der Waals surface area contributed by atoms with E-state index in [0.717, 1.165) is 0 Å². The lowest BCUT2D eigenvalue weighted by Gasteiger charge is -1.77. The highest BCUT2D eigenvalue weighted by atomic mass is 127. The van der Waals surface area contributed by atoms with Crippen LogP contribution in [-0.4, -0.2) is 0 Å². The zero-order valence-corrected chi connectivity index (χ0v) is 9.61. The molecule has 0 radical (unpaired) electrons. The highest BCUT2D eigenvalue weighted by Gasteiger charge is 1.78. The third-order valence-corrected chi connectivity index (χ3v) is 0.865. The van der Waals surface area contributed by atoms with E-state index in [9.17, 15) is 0 Å². The van der Waals surface area contributed by atoms with Gasteiger partial charge in [0.25, 0.3) is 0 Å². The number of hydrogen-bond acceptors (Lipinski definition) is 0. The first-order valence-corrected chi connectivity index (χ1v) is 2.30. The highest BCUT2D eigenvalue weighted by molar-refractivity contribution is 14.0. The Morgan fingerprint density at radius 2 is 1.44 bits per heavy atom. The molecule has 0 saturated carbocycles. The molecule has 1 heterocycles. The predicted octanol–water partition coefficient (Wildman–Crippen LogP) is -1.87. The Morgan fingerprint density at radius 3 is 1.67 bits per heavy atom. The summed E-state index contributed by atoms with van der Waals surface area (Å²) in [7, 11) is 2.00. The number of halogens is 2. The molecule has 0 aliphatic carbocycles. The average Bonchev–Trinajstić information content (AvgIpc) is 1.69. The number of rotatable bonds is 0. The second-order valence-electron chi connectivity index (χ2n) is 1.54. The van der Waals surface area contributed by atoms with E-state index in [4.69, 9.17) is 0 Å². The standard InChI is InChI=1S/C6H8N.2HI/c1-7-5-3-2-4-6-7;;/h2-6H,1H3;2*1H/q+1;;/p-1. The molecule has 0 atom stereocenters. The average molecular weight is 349 g/mol. The summed E-state index contributed by atoms with van der Waals surface area (Å²) in [5.41, 5.74) is 0. The van der Waals surface area contributed by atoms with Crippen molar-refractivity contribution >= 4 is 24.0 Å². The van der Waals surface area contributed by atoms with E-state index in [1.807, 2.05) is 42.2 Å². The predicted molar refractivity (Wildman–Crippen MR) is 43.0 cm³/mol. The number of aromatic nitrogens is 1. The second-order valence-corrected chi connectivity index (χ2v) is 1.54. The molecule has 0 aliphatic rings. The summed E-state index contributed by atoms with van der Waals surface area (Å²) in [6, 6.07) is 6.00. The summed E-state index contributed by atoms with van der Waals surface area (Å²) in [6.45, 7) is 0. The van der Waals surface area contributed by atoms with Gasteiger partial charge in [-0.15, -0.1) is 24.0 Å². The lowest BCUT2D eigenvalue weighted by Crippen LogP contribution is -3.00. The molecule has 52 valence electrons. The quantitative estimate of drug-likeness (QED) is 0.382. The molecule has 1 aromatic rings. The SMILES string of the molecule is C[n+]1ccccc1.I.[I-]. The summed E-state index contributed by atoms with van der Waals surface area (Å²) >= 11 is 0. The highest BCUT2D eigenvalue weighted by Crippen LogP contribution is 1.71.